The first-order valence-electron chi connectivity index (χ1n) is 9.10. The lowest BCUT2D eigenvalue weighted by Crippen LogP contribution is -2.45. The maximum Gasteiger partial charge on any atom is 0.253 e. The first-order valence-corrected chi connectivity index (χ1v) is 9.48. The molecule has 1 N–H and O–H groups in total. The fraction of sp³-hybridized carbons (Fsp3) is 0.381. The fourth-order valence-corrected chi connectivity index (χ4v) is 3.82. The van der Waals surface area contributed by atoms with Crippen molar-refractivity contribution in [2.24, 2.45) is 0 Å². The number of halogens is 1. The third-order valence-electron chi connectivity index (χ3n) is 5.25. The van der Waals surface area contributed by atoms with Crippen molar-refractivity contribution >= 4 is 17.5 Å². The molecule has 0 spiro atoms. The molecule has 0 aromatic heterocycles. The number of carbonyl (C=O) groups is 1. The highest BCUT2D eigenvalue weighted by molar-refractivity contribution is 6.34. The van der Waals surface area contributed by atoms with Crippen LogP contribution >= 0.6 is 11.6 Å². The molecule has 2 fully saturated rings. The van der Waals surface area contributed by atoms with E-state index in [0.717, 1.165) is 43.1 Å². The van der Waals surface area contributed by atoms with E-state index in [2.05, 4.69) is 10.2 Å². The van der Waals surface area contributed by atoms with E-state index in [9.17, 15) is 4.79 Å². The van der Waals surface area contributed by atoms with Gasteiger partial charge in [0.15, 0.2) is 0 Å². The van der Waals surface area contributed by atoms with Crippen LogP contribution in [0.1, 0.15) is 36.0 Å². The predicted molar refractivity (Wildman–Crippen MR) is 102 cm³/mol. The maximum atomic E-state index is 12.7. The molecule has 1 aliphatic heterocycles. The summed E-state index contributed by atoms with van der Waals surface area (Å²) in [7, 11) is 0. The molecule has 1 amide bonds. The average molecular weight is 355 g/mol. The second-order valence-corrected chi connectivity index (χ2v) is 7.48. The van der Waals surface area contributed by atoms with E-state index in [1.165, 1.54) is 12.8 Å². The van der Waals surface area contributed by atoms with Gasteiger partial charge in [-0.25, -0.2) is 0 Å². The van der Waals surface area contributed by atoms with Crippen molar-refractivity contribution in [2.45, 2.75) is 37.8 Å². The number of hydrogen-bond acceptors (Lipinski definition) is 2. The van der Waals surface area contributed by atoms with E-state index in [4.69, 9.17) is 11.6 Å². The number of piperidine rings is 1. The number of likely N-dealkylation sites (tertiary alicyclic amines) is 1. The molecule has 130 valence electrons. The summed E-state index contributed by atoms with van der Waals surface area (Å²) in [6, 6.07) is 16.8. The van der Waals surface area contributed by atoms with E-state index in [1.54, 1.807) is 0 Å². The van der Waals surface area contributed by atoms with Crippen LogP contribution in [0.3, 0.4) is 0 Å². The highest BCUT2D eigenvalue weighted by Crippen LogP contribution is 2.30. The number of carbonyl (C=O) groups excluding carboxylic acids is 1. The van der Waals surface area contributed by atoms with E-state index < -0.39 is 0 Å². The Balaban J connectivity index is 1.44. The molecule has 0 unspecified atom stereocenters. The predicted octanol–water partition coefficient (Wildman–Crippen LogP) is 4.36. The van der Waals surface area contributed by atoms with E-state index >= 15 is 0 Å². The lowest BCUT2D eigenvalue weighted by molar-refractivity contribution is 0.0909. The lowest BCUT2D eigenvalue weighted by Gasteiger charge is -2.32. The molecule has 3 nitrogen and oxygen atoms in total. The number of rotatable bonds is 4. The summed E-state index contributed by atoms with van der Waals surface area (Å²) >= 11 is 6.30. The zero-order chi connectivity index (χ0) is 17.2. The first-order chi connectivity index (χ1) is 12.2. The fourth-order valence-electron chi connectivity index (χ4n) is 3.62. The molecule has 1 saturated carbocycles. The van der Waals surface area contributed by atoms with Crippen molar-refractivity contribution in [3.63, 3.8) is 0 Å². The molecule has 25 heavy (non-hydrogen) atoms. The van der Waals surface area contributed by atoms with Crippen molar-refractivity contribution in [1.82, 2.24) is 10.2 Å². The second-order valence-electron chi connectivity index (χ2n) is 7.08. The van der Waals surface area contributed by atoms with E-state index in [-0.39, 0.29) is 11.9 Å². The molecule has 2 aliphatic rings. The summed E-state index contributed by atoms with van der Waals surface area (Å²) in [6.45, 7) is 2.18. The Kier molecular flexibility index (Phi) is 4.78. The largest absolute Gasteiger partial charge is 0.349 e. The minimum Gasteiger partial charge on any atom is -0.349 e. The summed E-state index contributed by atoms with van der Waals surface area (Å²) in [6.07, 6.45) is 4.74. The summed E-state index contributed by atoms with van der Waals surface area (Å²) in [4.78, 5) is 15.3. The SMILES string of the molecule is O=C(NC1CCN(C2CC2)CC1)c1cc(-c2ccccc2)ccc1Cl. The Bertz CT molecular complexity index is 750. The van der Waals surface area contributed by atoms with E-state index in [0.29, 0.717) is 10.6 Å². The van der Waals surface area contributed by atoms with Gasteiger partial charge in [0, 0.05) is 25.2 Å². The van der Waals surface area contributed by atoms with Crippen LogP contribution in [-0.4, -0.2) is 36.0 Å². The van der Waals surface area contributed by atoms with Crippen LogP contribution in [0.2, 0.25) is 5.02 Å². The normalized spacial score (nSPS) is 18.9. The molecule has 1 aliphatic carbocycles. The zero-order valence-corrected chi connectivity index (χ0v) is 15.0. The molecular weight excluding hydrogens is 332 g/mol. The Morgan fingerprint density at radius 1 is 0.960 bits per heavy atom. The van der Waals surface area contributed by atoms with Gasteiger partial charge < -0.3 is 10.2 Å². The van der Waals surface area contributed by atoms with Gasteiger partial charge in [-0.05, 0) is 48.9 Å². The van der Waals surface area contributed by atoms with Crippen LogP contribution in [0.15, 0.2) is 48.5 Å². The Morgan fingerprint density at radius 2 is 1.68 bits per heavy atom. The number of nitrogens with zero attached hydrogens (tertiary/aromatic N) is 1. The van der Waals surface area contributed by atoms with Crippen LogP contribution < -0.4 is 5.32 Å². The summed E-state index contributed by atoms with van der Waals surface area (Å²) in [5.41, 5.74) is 2.66. The van der Waals surface area contributed by atoms with Crippen molar-refractivity contribution in [3.8, 4) is 11.1 Å². The molecule has 0 atom stereocenters. The van der Waals surface area contributed by atoms with Gasteiger partial charge in [-0.3, -0.25) is 4.79 Å². The molecular formula is C21H23ClN2O. The van der Waals surface area contributed by atoms with Gasteiger partial charge in [0.25, 0.3) is 5.91 Å². The second kappa shape index (κ2) is 7.19. The first kappa shape index (κ1) is 16.6. The van der Waals surface area contributed by atoms with Gasteiger partial charge in [0.1, 0.15) is 0 Å². The zero-order valence-electron chi connectivity index (χ0n) is 14.2. The molecule has 4 heteroatoms. The summed E-state index contributed by atoms with van der Waals surface area (Å²) < 4.78 is 0. The molecule has 1 heterocycles. The maximum absolute atomic E-state index is 12.7. The standard InChI is InChI=1S/C21H23ClN2O/c22-20-9-6-16(15-4-2-1-3-5-15)14-19(20)21(25)23-17-10-12-24(13-11-17)18-7-8-18/h1-6,9,14,17-18H,7-8,10-13H2,(H,23,25). The van der Waals surface area contributed by atoms with Crippen LogP contribution in [0.25, 0.3) is 11.1 Å². The van der Waals surface area contributed by atoms with Gasteiger partial charge in [0.05, 0.1) is 10.6 Å². The number of hydrogen-bond donors (Lipinski definition) is 1. The third kappa shape index (κ3) is 3.88. The molecule has 2 aromatic carbocycles. The van der Waals surface area contributed by atoms with Crippen LogP contribution in [0.4, 0.5) is 0 Å². The molecule has 2 aromatic rings. The summed E-state index contributed by atoms with van der Waals surface area (Å²) in [5.74, 6) is -0.0624. The van der Waals surface area contributed by atoms with Crippen molar-refractivity contribution in [1.29, 1.82) is 0 Å². The highest BCUT2D eigenvalue weighted by Gasteiger charge is 2.32. The van der Waals surface area contributed by atoms with Gasteiger partial charge in [0.2, 0.25) is 0 Å². The minimum atomic E-state index is -0.0624. The Morgan fingerprint density at radius 3 is 2.36 bits per heavy atom. The number of amides is 1. The van der Waals surface area contributed by atoms with Crippen LogP contribution in [0, 0.1) is 0 Å². The Labute approximate surface area is 154 Å². The minimum absolute atomic E-state index is 0.0624. The van der Waals surface area contributed by atoms with Crippen molar-refractivity contribution in [2.75, 3.05) is 13.1 Å². The smallest absolute Gasteiger partial charge is 0.253 e. The molecule has 1 saturated heterocycles. The van der Waals surface area contributed by atoms with E-state index in [1.807, 2.05) is 48.5 Å². The number of benzene rings is 2. The van der Waals surface area contributed by atoms with Crippen LogP contribution in [-0.2, 0) is 0 Å². The molecule has 0 radical (unpaired) electrons. The quantitative estimate of drug-likeness (QED) is 0.884. The Hall–Kier alpha value is -1.84. The lowest BCUT2D eigenvalue weighted by atomic mass is 10.0. The molecule has 4 rings (SSSR count). The third-order valence-corrected chi connectivity index (χ3v) is 5.58. The van der Waals surface area contributed by atoms with Gasteiger partial charge >= 0.3 is 0 Å². The van der Waals surface area contributed by atoms with Crippen molar-refractivity contribution in [3.05, 3.63) is 59.1 Å². The number of nitrogens with one attached hydrogen (secondary N) is 1. The van der Waals surface area contributed by atoms with Gasteiger partial charge in [-0.15, -0.1) is 0 Å². The van der Waals surface area contributed by atoms with Gasteiger partial charge in [-0.1, -0.05) is 48.0 Å². The average Bonchev–Trinajstić information content (AvgIpc) is 3.48. The molecule has 0 bridgehead atoms. The topological polar surface area (TPSA) is 32.3 Å². The monoisotopic (exact) mass is 354 g/mol. The van der Waals surface area contributed by atoms with Gasteiger partial charge in [-0.2, -0.15) is 0 Å². The van der Waals surface area contributed by atoms with Crippen LogP contribution in [0.5, 0.6) is 0 Å². The van der Waals surface area contributed by atoms with Crippen molar-refractivity contribution < 1.29 is 4.79 Å². The summed E-state index contributed by atoms with van der Waals surface area (Å²) in [5, 5.41) is 3.69. The highest BCUT2D eigenvalue weighted by atomic mass is 35.5.